The minimum Gasteiger partial charge on any atom is -0.510 e. The molecule has 0 aromatic heterocycles. The zero-order valence-electron chi connectivity index (χ0n) is 14.7. The highest BCUT2D eigenvalue weighted by atomic mass is 32.2. The molecule has 0 aliphatic carbocycles. The Labute approximate surface area is 141 Å². The molecule has 1 aliphatic heterocycles. The Morgan fingerprint density at radius 1 is 0.909 bits per heavy atom. The minimum absolute atomic E-state index is 0.105. The monoisotopic (exact) mass is 326 g/mol. The highest BCUT2D eigenvalue weighted by Gasteiger charge is 2.42. The smallest absolute Gasteiger partial charge is 0.219 e. The second-order valence-electron chi connectivity index (χ2n) is 6.78. The van der Waals surface area contributed by atoms with Gasteiger partial charge in [0.1, 0.15) is 5.76 Å². The predicted molar refractivity (Wildman–Crippen MR) is 97.4 cm³/mol. The number of aliphatic hydroxyl groups is 1. The van der Waals surface area contributed by atoms with Crippen molar-refractivity contribution >= 4 is 16.9 Å². The van der Waals surface area contributed by atoms with Gasteiger partial charge in [0.25, 0.3) is 0 Å². The lowest BCUT2D eigenvalue weighted by Crippen LogP contribution is -2.20. The zero-order valence-corrected chi connectivity index (χ0v) is 15.6. The van der Waals surface area contributed by atoms with Gasteiger partial charge in [-0.1, -0.05) is 83.4 Å². The number of rotatable bonds is 12. The zero-order chi connectivity index (χ0) is 16.4. The normalized spacial score (nSPS) is 21.9. The first kappa shape index (κ1) is 19.6. The Bertz CT molecular complexity index is 376. The second kappa shape index (κ2) is 10.4. The summed E-state index contributed by atoms with van der Waals surface area (Å²) < 4.78 is -0.359. The second-order valence-corrected chi connectivity index (χ2v) is 8.25. The molecule has 1 rings (SSSR count). The molecule has 0 bridgehead atoms. The Morgan fingerprint density at radius 2 is 1.45 bits per heavy atom. The molecule has 128 valence electrons. The van der Waals surface area contributed by atoms with E-state index in [0.29, 0.717) is 11.3 Å². The summed E-state index contributed by atoms with van der Waals surface area (Å²) in [7, 11) is 0. The van der Waals surface area contributed by atoms with Crippen LogP contribution in [-0.2, 0) is 4.79 Å². The number of carbonyl (C=O) groups excluding carboxylic acids is 1. The van der Waals surface area contributed by atoms with Crippen molar-refractivity contribution in [2.45, 2.75) is 103 Å². The molecule has 0 radical (unpaired) electrons. The molecule has 1 atom stereocenters. The largest absolute Gasteiger partial charge is 0.510 e. The number of thioether (sulfide) groups is 1. The van der Waals surface area contributed by atoms with Crippen molar-refractivity contribution < 1.29 is 9.90 Å². The van der Waals surface area contributed by atoms with Crippen LogP contribution in [0, 0.1) is 0 Å². The average Bonchev–Trinajstić information content (AvgIpc) is 2.70. The fourth-order valence-electron chi connectivity index (χ4n) is 3.07. The SMILES string of the molecule is CCCCCCCCCCC1(C)SC(=O)C(CCCC)=C1O. The van der Waals surface area contributed by atoms with Gasteiger partial charge in [0.15, 0.2) is 0 Å². The van der Waals surface area contributed by atoms with E-state index < -0.39 is 0 Å². The van der Waals surface area contributed by atoms with Crippen LogP contribution in [0.3, 0.4) is 0 Å². The van der Waals surface area contributed by atoms with Crippen LogP contribution in [-0.4, -0.2) is 15.0 Å². The van der Waals surface area contributed by atoms with E-state index in [9.17, 15) is 9.90 Å². The van der Waals surface area contributed by atoms with Gasteiger partial charge in [0, 0.05) is 5.57 Å². The third-order valence-electron chi connectivity index (χ3n) is 4.64. The first-order valence-electron chi connectivity index (χ1n) is 9.21. The van der Waals surface area contributed by atoms with Gasteiger partial charge in [-0.15, -0.1) is 0 Å². The summed E-state index contributed by atoms with van der Waals surface area (Å²) in [4.78, 5) is 12.1. The van der Waals surface area contributed by atoms with Crippen LogP contribution >= 0.6 is 11.8 Å². The van der Waals surface area contributed by atoms with Crippen molar-refractivity contribution in [3.63, 3.8) is 0 Å². The number of hydrogen-bond acceptors (Lipinski definition) is 3. The average molecular weight is 327 g/mol. The van der Waals surface area contributed by atoms with E-state index in [2.05, 4.69) is 13.8 Å². The van der Waals surface area contributed by atoms with Crippen molar-refractivity contribution in [3.8, 4) is 0 Å². The minimum atomic E-state index is -0.359. The Hall–Kier alpha value is -0.440. The van der Waals surface area contributed by atoms with Crippen molar-refractivity contribution in [1.29, 1.82) is 0 Å². The lowest BCUT2D eigenvalue weighted by Gasteiger charge is -2.22. The van der Waals surface area contributed by atoms with Crippen LogP contribution < -0.4 is 0 Å². The van der Waals surface area contributed by atoms with Crippen molar-refractivity contribution in [3.05, 3.63) is 11.3 Å². The number of aliphatic hydroxyl groups excluding tert-OH is 1. The third kappa shape index (κ3) is 5.98. The van der Waals surface area contributed by atoms with Crippen LogP contribution in [0.25, 0.3) is 0 Å². The molecular weight excluding hydrogens is 292 g/mol. The van der Waals surface area contributed by atoms with Crippen LogP contribution in [0.4, 0.5) is 0 Å². The Kier molecular flexibility index (Phi) is 9.23. The van der Waals surface area contributed by atoms with Gasteiger partial charge in [-0.05, 0) is 26.2 Å². The topological polar surface area (TPSA) is 37.3 Å². The van der Waals surface area contributed by atoms with Crippen molar-refractivity contribution in [1.82, 2.24) is 0 Å². The van der Waals surface area contributed by atoms with Crippen molar-refractivity contribution in [2.75, 3.05) is 0 Å². The molecule has 0 spiro atoms. The molecule has 22 heavy (non-hydrogen) atoms. The van der Waals surface area contributed by atoms with Gasteiger partial charge < -0.3 is 5.11 Å². The maximum absolute atomic E-state index is 12.1. The Balaban J connectivity index is 2.29. The first-order valence-corrected chi connectivity index (χ1v) is 10.0. The summed E-state index contributed by atoms with van der Waals surface area (Å²) in [6.07, 6.45) is 14.0. The molecular formula is C19H34O2S. The maximum Gasteiger partial charge on any atom is 0.219 e. The molecule has 0 fully saturated rings. The lowest BCUT2D eigenvalue weighted by atomic mass is 9.95. The summed E-state index contributed by atoms with van der Waals surface area (Å²) >= 11 is 1.35. The van der Waals surface area contributed by atoms with Crippen LogP contribution in [0.2, 0.25) is 0 Å². The van der Waals surface area contributed by atoms with Crippen LogP contribution in [0.5, 0.6) is 0 Å². The highest BCUT2D eigenvalue weighted by Crippen LogP contribution is 2.46. The molecule has 1 unspecified atom stereocenters. The number of unbranched alkanes of at least 4 members (excludes halogenated alkanes) is 8. The highest BCUT2D eigenvalue weighted by molar-refractivity contribution is 8.15. The molecule has 0 amide bonds. The van der Waals surface area contributed by atoms with Gasteiger partial charge in [-0.25, -0.2) is 0 Å². The van der Waals surface area contributed by atoms with E-state index in [4.69, 9.17) is 0 Å². The quantitative estimate of drug-likeness (QED) is 0.413. The fraction of sp³-hybridized carbons (Fsp3) is 0.842. The van der Waals surface area contributed by atoms with Crippen molar-refractivity contribution in [2.24, 2.45) is 0 Å². The molecule has 3 heteroatoms. The van der Waals surface area contributed by atoms with E-state index in [1.54, 1.807) is 0 Å². The summed E-state index contributed by atoms with van der Waals surface area (Å²) in [5.74, 6) is 0.374. The third-order valence-corrected chi connectivity index (χ3v) is 5.92. The van der Waals surface area contributed by atoms with E-state index in [-0.39, 0.29) is 9.86 Å². The van der Waals surface area contributed by atoms with Gasteiger partial charge in [0.2, 0.25) is 5.12 Å². The molecule has 1 N–H and O–H groups in total. The van der Waals surface area contributed by atoms with E-state index in [1.165, 1.54) is 56.7 Å². The molecule has 2 nitrogen and oxygen atoms in total. The Morgan fingerprint density at radius 3 is 2.05 bits per heavy atom. The van der Waals surface area contributed by atoms with Gasteiger partial charge in [-0.3, -0.25) is 4.79 Å². The first-order chi connectivity index (χ1) is 10.5. The van der Waals surface area contributed by atoms with Gasteiger partial charge >= 0.3 is 0 Å². The van der Waals surface area contributed by atoms with Gasteiger partial charge in [0.05, 0.1) is 4.75 Å². The molecule has 0 saturated carbocycles. The van der Waals surface area contributed by atoms with E-state index in [0.717, 1.165) is 32.1 Å². The molecule has 1 aliphatic rings. The summed E-state index contributed by atoms with van der Waals surface area (Å²) in [5, 5.41) is 10.5. The van der Waals surface area contributed by atoms with E-state index in [1.807, 2.05) is 6.92 Å². The predicted octanol–water partition coefficient (Wildman–Crippen LogP) is 6.55. The molecule has 0 aromatic rings. The van der Waals surface area contributed by atoms with Gasteiger partial charge in [-0.2, -0.15) is 0 Å². The summed E-state index contributed by atoms with van der Waals surface area (Å²) in [6.45, 7) is 6.39. The maximum atomic E-state index is 12.1. The lowest BCUT2D eigenvalue weighted by molar-refractivity contribution is -0.108. The molecule has 1 heterocycles. The number of hydrogen-bond donors (Lipinski definition) is 1. The fourth-order valence-corrected chi connectivity index (χ4v) is 4.27. The molecule has 0 aromatic carbocycles. The van der Waals surface area contributed by atoms with Crippen LogP contribution in [0.15, 0.2) is 11.3 Å². The van der Waals surface area contributed by atoms with Crippen LogP contribution in [0.1, 0.15) is 97.8 Å². The van der Waals surface area contributed by atoms with E-state index >= 15 is 0 Å². The molecule has 0 saturated heterocycles. The summed E-state index contributed by atoms with van der Waals surface area (Å²) in [5.41, 5.74) is 0.689. The number of carbonyl (C=O) groups is 1. The summed E-state index contributed by atoms with van der Waals surface area (Å²) in [6, 6.07) is 0. The standard InChI is InChI=1S/C19H34O2S/c1-4-6-8-9-10-11-12-13-15-19(3)17(20)16(14-7-5-2)18(21)22-19/h20H,4-15H2,1-3H3.